The van der Waals surface area contributed by atoms with Crippen LogP contribution in [-0.2, 0) is 0 Å². The Bertz CT molecular complexity index is 2710. The first-order valence-corrected chi connectivity index (χ1v) is 16.4. The van der Waals surface area contributed by atoms with E-state index in [0.717, 1.165) is 50.1 Å². The van der Waals surface area contributed by atoms with Gasteiger partial charge < -0.3 is 9.32 Å². The highest BCUT2D eigenvalue weighted by Gasteiger charge is 2.23. The molecule has 1 aromatic heterocycles. The third-order valence-corrected chi connectivity index (χ3v) is 9.76. The van der Waals surface area contributed by atoms with Gasteiger partial charge in [0.25, 0.3) is 0 Å². The fourth-order valence-electron chi connectivity index (χ4n) is 7.57. The number of anilines is 3. The molecule has 0 spiro atoms. The zero-order valence-corrected chi connectivity index (χ0v) is 26.1. The average molecular weight is 612 g/mol. The van der Waals surface area contributed by atoms with E-state index < -0.39 is 0 Å². The van der Waals surface area contributed by atoms with Gasteiger partial charge in [0.15, 0.2) is 5.58 Å². The highest BCUT2D eigenvalue weighted by atomic mass is 16.3. The van der Waals surface area contributed by atoms with E-state index in [2.05, 4.69) is 175 Å². The molecule has 0 N–H and O–H groups in total. The van der Waals surface area contributed by atoms with Gasteiger partial charge in [-0.15, -0.1) is 0 Å². The van der Waals surface area contributed by atoms with Crippen LogP contribution >= 0.6 is 0 Å². The second kappa shape index (κ2) is 10.6. The Balaban J connectivity index is 1.30. The van der Waals surface area contributed by atoms with E-state index in [-0.39, 0.29) is 0 Å². The van der Waals surface area contributed by atoms with E-state index >= 15 is 0 Å². The Hall–Kier alpha value is -6.38. The van der Waals surface area contributed by atoms with Crippen molar-refractivity contribution in [3.05, 3.63) is 176 Å². The van der Waals surface area contributed by atoms with Crippen molar-refractivity contribution < 1.29 is 4.42 Å². The molecule has 2 nitrogen and oxygen atoms in total. The molecule has 2 heteroatoms. The summed E-state index contributed by atoms with van der Waals surface area (Å²) in [6.45, 7) is 0. The molecule has 0 amide bonds. The van der Waals surface area contributed by atoms with Gasteiger partial charge in [0.05, 0.1) is 11.4 Å². The lowest BCUT2D eigenvalue weighted by Crippen LogP contribution is -2.12. The molecule has 0 unspecified atom stereocenters. The van der Waals surface area contributed by atoms with Gasteiger partial charge in [-0.1, -0.05) is 140 Å². The first-order valence-electron chi connectivity index (χ1n) is 16.4. The van der Waals surface area contributed by atoms with Crippen molar-refractivity contribution in [2.24, 2.45) is 0 Å². The van der Waals surface area contributed by atoms with Gasteiger partial charge in [0.2, 0.25) is 0 Å². The SMILES string of the molecule is c1ccc(-c2ccc(N(c3cc4ccc5cccc6ccc(c3)c4c56)c3cccc4c3oc3ccccc34)c(-c3ccccc3)c2)cc1. The summed E-state index contributed by atoms with van der Waals surface area (Å²) in [5.74, 6) is 0. The van der Waals surface area contributed by atoms with E-state index in [1.54, 1.807) is 0 Å². The van der Waals surface area contributed by atoms with Crippen LogP contribution in [0.4, 0.5) is 17.1 Å². The summed E-state index contributed by atoms with van der Waals surface area (Å²) < 4.78 is 6.70. The molecule has 0 saturated heterocycles. The zero-order chi connectivity index (χ0) is 31.6. The third kappa shape index (κ3) is 4.13. The van der Waals surface area contributed by atoms with Crippen molar-refractivity contribution in [3.8, 4) is 22.3 Å². The molecular weight excluding hydrogens is 583 g/mol. The van der Waals surface area contributed by atoms with Crippen molar-refractivity contribution in [2.45, 2.75) is 0 Å². The molecule has 1 heterocycles. The Morgan fingerprint density at radius 2 is 0.979 bits per heavy atom. The first-order chi connectivity index (χ1) is 23.8. The van der Waals surface area contributed by atoms with Gasteiger partial charge in [-0.3, -0.25) is 0 Å². The van der Waals surface area contributed by atoms with Gasteiger partial charge in [-0.05, 0) is 85.4 Å². The highest BCUT2D eigenvalue weighted by Crippen LogP contribution is 2.48. The third-order valence-electron chi connectivity index (χ3n) is 9.76. The van der Waals surface area contributed by atoms with Crippen molar-refractivity contribution in [1.29, 1.82) is 0 Å². The first kappa shape index (κ1) is 26.8. The van der Waals surface area contributed by atoms with Crippen molar-refractivity contribution >= 4 is 71.3 Å². The number of nitrogens with zero attached hydrogens (tertiary/aromatic N) is 1. The predicted molar refractivity (Wildman–Crippen MR) is 203 cm³/mol. The van der Waals surface area contributed by atoms with Crippen LogP contribution in [0.2, 0.25) is 0 Å². The zero-order valence-electron chi connectivity index (χ0n) is 26.1. The minimum Gasteiger partial charge on any atom is -0.454 e. The minimum absolute atomic E-state index is 0.870. The largest absolute Gasteiger partial charge is 0.454 e. The molecule has 0 saturated carbocycles. The fraction of sp³-hybridized carbons (Fsp3) is 0. The van der Waals surface area contributed by atoms with E-state index in [0.29, 0.717) is 0 Å². The molecule has 0 aliphatic heterocycles. The molecule has 0 aliphatic rings. The highest BCUT2D eigenvalue weighted by molar-refractivity contribution is 6.24. The van der Waals surface area contributed by atoms with E-state index in [1.807, 2.05) is 6.07 Å². The van der Waals surface area contributed by atoms with E-state index in [4.69, 9.17) is 4.42 Å². The molecule has 48 heavy (non-hydrogen) atoms. The lowest BCUT2D eigenvalue weighted by molar-refractivity contribution is 0.669. The van der Waals surface area contributed by atoms with Crippen molar-refractivity contribution in [3.63, 3.8) is 0 Å². The molecular formula is C46H29NO. The Labute approximate surface area is 278 Å². The van der Waals surface area contributed by atoms with Crippen molar-refractivity contribution in [2.75, 3.05) is 4.90 Å². The van der Waals surface area contributed by atoms with Crippen LogP contribution in [0.25, 0.3) is 76.5 Å². The number of benzene rings is 9. The topological polar surface area (TPSA) is 16.4 Å². The summed E-state index contributed by atoms with van der Waals surface area (Å²) >= 11 is 0. The van der Waals surface area contributed by atoms with E-state index in [9.17, 15) is 0 Å². The summed E-state index contributed by atoms with van der Waals surface area (Å²) in [6.07, 6.45) is 0. The molecule has 0 radical (unpaired) electrons. The standard InChI is InChI=1S/C46H29NO/c1-3-11-30(12-4-1)34-25-26-41(40(29-34)31-13-5-2-6-14-31)47(42-19-10-18-39-38-17-7-8-20-43(38)48-46(39)42)37-27-35-23-21-32-15-9-16-33-22-24-36(28-37)45(35)44(32)33/h1-29H. The van der Waals surface area contributed by atoms with Gasteiger partial charge in [-0.2, -0.15) is 0 Å². The number of hydrogen-bond donors (Lipinski definition) is 0. The number of rotatable bonds is 5. The quantitative estimate of drug-likeness (QED) is 0.180. The average Bonchev–Trinajstić information content (AvgIpc) is 3.54. The molecule has 0 aliphatic carbocycles. The number of furan rings is 1. The minimum atomic E-state index is 0.870. The maximum Gasteiger partial charge on any atom is 0.159 e. The van der Waals surface area contributed by atoms with Gasteiger partial charge >= 0.3 is 0 Å². The van der Waals surface area contributed by atoms with E-state index in [1.165, 1.54) is 43.4 Å². The monoisotopic (exact) mass is 611 g/mol. The number of hydrogen-bond acceptors (Lipinski definition) is 2. The van der Waals surface area contributed by atoms with Crippen LogP contribution in [0.1, 0.15) is 0 Å². The van der Waals surface area contributed by atoms with Gasteiger partial charge in [0, 0.05) is 22.0 Å². The van der Waals surface area contributed by atoms with Gasteiger partial charge in [-0.25, -0.2) is 0 Å². The second-order valence-electron chi connectivity index (χ2n) is 12.5. The Morgan fingerprint density at radius 1 is 0.375 bits per heavy atom. The summed E-state index contributed by atoms with van der Waals surface area (Å²) in [5.41, 5.74) is 9.60. The molecule has 10 aromatic rings. The lowest BCUT2D eigenvalue weighted by atomic mass is 9.93. The Kier molecular flexibility index (Phi) is 5.91. The summed E-state index contributed by atoms with van der Waals surface area (Å²) in [5, 5.41) is 9.82. The second-order valence-corrected chi connectivity index (χ2v) is 12.5. The molecule has 0 bridgehead atoms. The normalized spacial score (nSPS) is 11.8. The fourth-order valence-corrected chi connectivity index (χ4v) is 7.57. The molecule has 224 valence electrons. The predicted octanol–water partition coefficient (Wildman–Crippen LogP) is 13.3. The van der Waals surface area contributed by atoms with Crippen LogP contribution in [-0.4, -0.2) is 0 Å². The van der Waals surface area contributed by atoms with Crippen molar-refractivity contribution in [1.82, 2.24) is 0 Å². The molecule has 9 aromatic carbocycles. The van der Waals surface area contributed by atoms with Crippen LogP contribution in [0.15, 0.2) is 180 Å². The summed E-state index contributed by atoms with van der Waals surface area (Å²) in [6, 6.07) is 63.3. The van der Waals surface area contributed by atoms with Crippen LogP contribution in [0.3, 0.4) is 0 Å². The summed E-state index contributed by atoms with van der Waals surface area (Å²) in [7, 11) is 0. The van der Waals surface area contributed by atoms with Gasteiger partial charge in [0.1, 0.15) is 5.58 Å². The van der Waals surface area contributed by atoms with Crippen LogP contribution in [0, 0.1) is 0 Å². The molecule has 10 rings (SSSR count). The summed E-state index contributed by atoms with van der Waals surface area (Å²) in [4.78, 5) is 2.40. The molecule has 0 fully saturated rings. The molecule has 0 atom stereocenters. The smallest absolute Gasteiger partial charge is 0.159 e. The van der Waals surface area contributed by atoms with Crippen LogP contribution in [0.5, 0.6) is 0 Å². The number of fused-ring (bicyclic) bond motifs is 3. The number of para-hydroxylation sites is 2. The Morgan fingerprint density at radius 3 is 1.73 bits per heavy atom. The lowest BCUT2D eigenvalue weighted by Gasteiger charge is -2.29. The van der Waals surface area contributed by atoms with Crippen LogP contribution < -0.4 is 4.90 Å². The maximum absolute atomic E-state index is 6.70. The maximum atomic E-state index is 6.70.